The normalized spacial score (nSPS) is 16.8. The van der Waals surface area contributed by atoms with E-state index in [9.17, 15) is 22.0 Å². The van der Waals surface area contributed by atoms with E-state index in [4.69, 9.17) is 4.74 Å². The number of hydrogen-bond acceptors (Lipinski definition) is 4. The number of piperazine rings is 1. The third-order valence-corrected chi connectivity index (χ3v) is 4.77. The van der Waals surface area contributed by atoms with Gasteiger partial charge in [0, 0.05) is 51.4 Å². The molecule has 2 rings (SSSR count). The highest BCUT2D eigenvalue weighted by Gasteiger charge is 2.41. The van der Waals surface area contributed by atoms with Gasteiger partial charge in [0.15, 0.2) is 5.96 Å². The zero-order chi connectivity index (χ0) is 21.6. The molecule has 0 saturated carbocycles. The van der Waals surface area contributed by atoms with E-state index >= 15 is 0 Å². The summed E-state index contributed by atoms with van der Waals surface area (Å²) in [5, 5.41) is 3.05. The Morgan fingerprint density at radius 3 is 2.33 bits per heavy atom. The highest BCUT2D eigenvalue weighted by molar-refractivity contribution is 14.0. The summed E-state index contributed by atoms with van der Waals surface area (Å²) in [5.41, 5.74) is 0.469. The van der Waals surface area contributed by atoms with Crippen molar-refractivity contribution in [1.82, 2.24) is 15.1 Å². The topological polar surface area (TPSA) is 49.3 Å². The summed E-state index contributed by atoms with van der Waals surface area (Å²) in [6, 6.07) is 3.08. The van der Waals surface area contributed by atoms with Crippen LogP contribution >= 0.6 is 24.0 Å². The lowest BCUT2D eigenvalue weighted by Crippen LogP contribution is -2.56. The predicted molar refractivity (Wildman–Crippen MR) is 114 cm³/mol. The van der Waals surface area contributed by atoms with Crippen LogP contribution in [0.15, 0.2) is 23.2 Å². The van der Waals surface area contributed by atoms with Crippen molar-refractivity contribution in [3.05, 3.63) is 23.8 Å². The number of benzene rings is 1. The van der Waals surface area contributed by atoms with Crippen molar-refractivity contribution in [1.29, 1.82) is 0 Å². The van der Waals surface area contributed by atoms with Gasteiger partial charge in [-0.05, 0) is 19.1 Å². The average Bonchev–Trinajstić information content (AvgIpc) is 2.68. The third-order valence-electron chi connectivity index (χ3n) is 4.77. The van der Waals surface area contributed by atoms with Crippen LogP contribution in [0.4, 0.5) is 22.0 Å². The summed E-state index contributed by atoms with van der Waals surface area (Å²) >= 11 is 0. The molecule has 1 N–H and O–H groups in total. The summed E-state index contributed by atoms with van der Waals surface area (Å²) in [6.45, 7) is -0.474. The van der Waals surface area contributed by atoms with Crippen LogP contribution in [0.5, 0.6) is 11.5 Å². The van der Waals surface area contributed by atoms with Crippen LogP contribution in [0.2, 0.25) is 0 Å². The van der Waals surface area contributed by atoms with Crippen LogP contribution in [-0.4, -0.2) is 74.9 Å². The number of ether oxygens (including phenoxy) is 2. The highest BCUT2D eigenvalue weighted by atomic mass is 127. The maximum atomic E-state index is 12.9. The number of halogens is 6. The molecule has 0 radical (unpaired) electrons. The second-order valence-electron chi connectivity index (χ2n) is 6.49. The first-order valence-electron chi connectivity index (χ1n) is 9.03. The van der Waals surface area contributed by atoms with Gasteiger partial charge in [0.25, 0.3) is 0 Å². The maximum Gasteiger partial charge on any atom is 0.403 e. The molecule has 6 nitrogen and oxygen atoms in total. The molecule has 1 heterocycles. The lowest BCUT2D eigenvalue weighted by molar-refractivity contribution is -0.181. The van der Waals surface area contributed by atoms with Crippen LogP contribution < -0.4 is 14.8 Å². The molecule has 1 fully saturated rings. The predicted octanol–water partition coefficient (Wildman–Crippen LogP) is 3.56. The Morgan fingerprint density at radius 1 is 1.20 bits per heavy atom. The molecular formula is C18H26F5IN4O2. The van der Waals surface area contributed by atoms with E-state index in [1.807, 2.05) is 4.90 Å². The van der Waals surface area contributed by atoms with Crippen molar-refractivity contribution < 1.29 is 31.4 Å². The molecule has 0 amide bonds. The largest absolute Gasteiger partial charge is 0.497 e. The summed E-state index contributed by atoms with van der Waals surface area (Å²) in [4.78, 5) is 7.35. The molecular weight excluding hydrogens is 526 g/mol. The molecule has 1 saturated heterocycles. The number of guanidine groups is 1. The molecule has 1 aromatic carbocycles. The van der Waals surface area contributed by atoms with E-state index < -0.39 is 18.8 Å². The van der Waals surface area contributed by atoms with E-state index in [0.29, 0.717) is 30.4 Å². The SMILES string of the molecule is CN=C(NCc1ccc(OC)cc1OC(F)F)N1CCN(C(C)C(F)(F)F)CC1.I. The Balaban J connectivity index is 0.00000450. The van der Waals surface area contributed by atoms with Gasteiger partial charge in [-0.15, -0.1) is 24.0 Å². The van der Waals surface area contributed by atoms with Crippen molar-refractivity contribution in [2.45, 2.75) is 32.3 Å². The van der Waals surface area contributed by atoms with E-state index in [2.05, 4.69) is 15.0 Å². The van der Waals surface area contributed by atoms with E-state index in [1.165, 1.54) is 18.1 Å². The standard InChI is InChI=1S/C18H25F5N4O2.HI/c1-12(18(21,22)23)26-6-8-27(9-7-26)17(24-2)25-11-13-4-5-14(28-3)10-15(13)29-16(19)20;/h4-5,10,12,16H,6-9,11H2,1-3H3,(H,24,25);1H. The summed E-state index contributed by atoms with van der Waals surface area (Å²) in [6.07, 6.45) is -4.27. The zero-order valence-corrected chi connectivity index (χ0v) is 19.2. The maximum absolute atomic E-state index is 12.9. The molecule has 0 aromatic heterocycles. The highest BCUT2D eigenvalue weighted by Crippen LogP contribution is 2.27. The Hall–Kier alpha value is -1.57. The van der Waals surface area contributed by atoms with Crippen LogP contribution in [0, 0.1) is 0 Å². The van der Waals surface area contributed by atoms with Crippen molar-refractivity contribution in [2.24, 2.45) is 4.99 Å². The smallest absolute Gasteiger partial charge is 0.403 e. The Morgan fingerprint density at radius 2 is 1.83 bits per heavy atom. The number of aliphatic imine (C=N–C) groups is 1. The van der Waals surface area contributed by atoms with Crippen molar-refractivity contribution in [3.8, 4) is 11.5 Å². The Kier molecular flexibility index (Phi) is 10.3. The molecule has 1 aromatic rings. The quantitative estimate of drug-likeness (QED) is 0.253. The summed E-state index contributed by atoms with van der Waals surface area (Å²) < 4.78 is 73.6. The number of methoxy groups -OCH3 is 1. The molecule has 1 atom stereocenters. The zero-order valence-electron chi connectivity index (χ0n) is 16.9. The molecule has 1 unspecified atom stereocenters. The lowest BCUT2D eigenvalue weighted by atomic mass is 10.2. The first-order valence-corrected chi connectivity index (χ1v) is 9.03. The molecule has 0 spiro atoms. The molecule has 0 bridgehead atoms. The van der Waals surface area contributed by atoms with Gasteiger partial charge in [-0.2, -0.15) is 22.0 Å². The number of hydrogen-bond donors (Lipinski definition) is 1. The van der Waals surface area contributed by atoms with Crippen LogP contribution in [0.25, 0.3) is 0 Å². The third kappa shape index (κ3) is 7.29. The number of nitrogens with one attached hydrogen (secondary N) is 1. The van der Waals surface area contributed by atoms with Gasteiger partial charge in [0.1, 0.15) is 17.5 Å². The van der Waals surface area contributed by atoms with E-state index in [-0.39, 0.29) is 49.4 Å². The number of rotatable bonds is 6. The van der Waals surface area contributed by atoms with Crippen molar-refractivity contribution in [3.63, 3.8) is 0 Å². The summed E-state index contributed by atoms with van der Waals surface area (Å²) in [7, 11) is 2.97. The molecule has 1 aliphatic heterocycles. The Bertz CT molecular complexity index is 698. The van der Waals surface area contributed by atoms with Gasteiger partial charge in [0.2, 0.25) is 0 Å². The second-order valence-corrected chi connectivity index (χ2v) is 6.49. The summed E-state index contributed by atoms with van der Waals surface area (Å²) in [5.74, 6) is 0.831. The second kappa shape index (κ2) is 11.7. The Labute approximate surface area is 189 Å². The van der Waals surface area contributed by atoms with Crippen LogP contribution in [-0.2, 0) is 6.54 Å². The van der Waals surface area contributed by atoms with Gasteiger partial charge in [-0.25, -0.2) is 0 Å². The monoisotopic (exact) mass is 552 g/mol. The molecule has 12 heteroatoms. The van der Waals surface area contributed by atoms with Gasteiger partial charge >= 0.3 is 12.8 Å². The van der Waals surface area contributed by atoms with Gasteiger partial charge < -0.3 is 19.7 Å². The minimum Gasteiger partial charge on any atom is -0.497 e. The molecule has 1 aliphatic rings. The van der Waals surface area contributed by atoms with Crippen molar-refractivity contribution in [2.75, 3.05) is 40.3 Å². The number of alkyl halides is 5. The molecule has 172 valence electrons. The van der Waals surface area contributed by atoms with E-state index in [0.717, 1.165) is 6.92 Å². The van der Waals surface area contributed by atoms with Gasteiger partial charge in [-0.3, -0.25) is 9.89 Å². The minimum atomic E-state index is -4.27. The van der Waals surface area contributed by atoms with Gasteiger partial charge in [0.05, 0.1) is 7.11 Å². The average molecular weight is 552 g/mol. The van der Waals surface area contributed by atoms with Crippen LogP contribution in [0.1, 0.15) is 12.5 Å². The van der Waals surface area contributed by atoms with Crippen LogP contribution in [0.3, 0.4) is 0 Å². The fourth-order valence-electron chi connectivity index (χ4n) is 3.05. The molecule has 30 heavy (non-hydrogen) atoms. The fraction of sp³-hybridized carbons (Fsp3) is 0.611. The lowest BCUT2D eigenvalue weighted by Gasteiger charge is -2.39. The van der Waals surface area contributed by atoms with E-state index in [1.54, 1.807) is 19.2 Å². The van der Waals surface area contributed by atoms with Gasteiger partial charge in [-0.1, -0.05) is 0 Å². The minimum absolute atomic E-state index is 0. The first kappa shape index (κ1) is 26.5. The molecule has 0 aliphatic carbocycles. The van der Waals surface area contributed by atoms with Crippen molar-refractivity contribution >= 4 is 29.9 Å². The first-order chi connectivity index (χ1) is 13.7. The number of nitrogens with zero attached hydrogens (tertiary/aromatic N) is 3. The fourth-order valence-corrected chi connectivity index (χ4v) is 3.05.